The number of aromatic nitrogens is 2. The molecule has 0 aliphatic rings. The van der Waals surface area contributed by atoms with Crippen molar-refractivity contribution < 1.29 is 13.6 Å². The zero-order chi connectivity index (χ0) is 13.1. The first-order valence-electron chi connectivity index (χ1n) is 5.01. The minimum absolute atomic E-state index is 0.120. The summed E-state index contributed by atoms with van der Waals surface area (Å²) in [5.41, 5.74) is -0.142. The predicted molar refractivity (Wildman–Crippen MR) is 64.1 cm³/mol. The molecule has 1 aromatic carbocycles. The summed E-state index contributed by atoms with van der Waals surface area (Å²) < 4.78 is 27.2. The smallest absolute Gasteiger partial charge is 0.185 e. The predicted octanol–water partition coefficient (Wildman–Crippen LogP) is 2.94. The van der Waals surface area contributed by atoms with Crippen LogP contribution in [-0.4, -0.2) is 15.8 Å². The number of ketones is 1. The zero-order valence-corrected chi connectivity index (χ0v) is 10.6. The molecule has 0 radical (unpaired) electrons. The second-order valence-corrected chi connectivity index (χ2v) is 4.37. The number of halogens is 3. The monoisotopic (exact) mass is 312 g/mol. The van der Waals surface area contributed by atoms with Crippen LogP contribution >= 0.6 is 15.9 Å². The van der Waals surface area contributed by atoms with Gasteiger partial charge in [-0.1, -0.05) is 0 Å². The van der Waals surface area contributed by atoms with E-state index in [9.17, 15) is 13.6 Å². The van der Waals surface area contributed by atoms with Crippen molar-refractivity contribution in [2.45, 2.75) is 6.42 Å². The molecule has 0 fully saturated rings. The van der Waals surface area contributed by atoms with E-state index in [1.807, 2.05) is 0 Å². The number of nitrogens with zero attached hydrogens (tertiary/aromatic N) is 2. The van der Waals surface area contributed by atoms with Crippen molar-refractivity contribution in [1.29, 1.82) is 0 Å². The van der Waals surface area contributed by atoms with Gasteiger partial charge in [-0.05, 0) is 34.1 Å². The fourth-order valence-corrected chi connectivity index (χ4v) is 1.81. The molecule has 0 bridgehead atoms. The van der Waals surface area contributed by atoms with Gasteiger partial charge in [0.25, 0.3) is 0 Å². The number of hydrogen-bond donors (Lipinski definition) is 0. The van der Waals surface area contributed by atoms with Crippen LogP contribution in [0.2, 0.25) is 0 Å². The minimum Gasteiger partial charge on any atom is -0.292 e. The number of carbonyl (C=O) groups excluding carboxylic acids is 1. The van der Waals surface area contributed by atoms with Crippen molar-refractivity contribution in [3.8, 4) is 0 Å². The molecular weight excluding hydrogens is 306 g/mol. The summed E-state index contributed by atoms with van der Waals surface area (Å²) in [4.78, 5) is 19.2. The molecule has 2 rings (SSSR count). The molecule has 92 valence electrons. The van der Waals surface area contributed by atoms with E-state index in [0.29, 0.717) is 0 Å². The Morgan fingerprint density at radius 2 is 2.06 bits per heavy atom. The minimum atomic E-state index is -0.766. The summed E-state index contributed by atoms with van der Waals surface area (Å²) in [6.07, 6.45) is 2.23. The maximum atomic E-state index is 13.7. The van der Waals surface area contributed by atoms with E-state index in [1.165, 1.54) is 24.7 Å². The van der Waals surface area contributed by atoms with Crippen LogP contribution in [0.25, 0.3) is 0 Å². The average molecular weight is 313 g/mol. The van der Waals surface area contributed by atoms with Crippen molar-refractivity contribution in [3.63, 3.8) is 0 Å². The van der Waals surface area contributed by atoms with E-state index in [1.54, 1.807) is 0 Å². The summed E-state index contributed by atoms with van der Waals surface area (Å²) in [6.45, 7) is 0. The Kier molecular flexibility index (Phi) is 3.76. The molecule has 0 saturated carbocycles. The molecule has 3 nitrogen and oxygen atoms in total. The molecule has 0 amide bonds. The lowest BCUT2D eigenvalue weighted by molar-refractivity contribution is 0.0985. The molecule has 1 aromatic heterocycles. The molecule has 0 aliphatic heterocycles. The van der Waals surface area contributed by atoms with Gasteiger partial charge >= 0.3 is 0 Å². The van der Waals surface area contributed by atoms with Crippen molar-refractivity contribution in [2.75, 3.05) is 0 Å². The highest BCUT2D eigenvalue weighted by Gasteiger charge is 2.17. The second kappa shape index (κ2) is 5.30. The first kappa shape index (κ1) is 12.8. The van der Waals surface area contributed by atoms with Crippen LogP contribution in [0.1, 0.15) is 16.1 Å². The highest BCUT2D eigenvalue weighted by molar-refractivity contribution is 9.10. The van der Waals surface area contributed by atoms with Gasteiger partial charge in [0.05, 0.1) is 4.47 Å². The molecule has 0 atom stereocenters. The van der Waals surface area contributed by atoms with Gasteiger partial charge in [-0.25, -0.2) is 18.7 Å². The van der Waals surface area contributed by atoms with Crippen molar-refractivity contribution in [1.82, 2.24) is 9.97 Å². The third-order valence-corrected chi connectivity index (χ3v) is 2.96. The van der Waals surface area contributed by atoms with E-state index in [0.717, 1.165) is 6.07 Å². The van der Waals surface area contributed by atoms with E-state index in [4.69, 9.17) is 0 Å². The Morgan fingerprint density at radius 3 is 2.72 bits per heavy atom. The molecule has 1 heterocycles. The maximum absolute atomic E-state index is 13.7. The van der Waals surface area contributed by atoms with E-state index in [2.05, 4.69) is 25.9 Å². The largest absolute Gasteiger partial charge is 0.292 e. The van der Waals surface area contributed by atoms with Crippen LogP contribution in [0.15, 0.2) is 35.2 Å². The summed E-state index contributed by atoms with van der Waals surface area (Å²) in [6, 6.07) is 3.76. The third kappa shape index (κ3) is 2.59. The maximum Gasteiger partial charge on any atom is 0.185 e. The molecule has 0 unspecified atom stereocenters. The van der Waals surface area contributed by atoms with Gasteiger partial charge in [-0.3, -0.25) is 4.79 Å². The Hall–Kier alpha value is -1.69. The molecule has 2 aromatic rings. The lowest BCUT2D eigenvalue weighted by Gasteiger charge is -2.05. The Morgan fingerprint density at radius 1 is 1.28 bits per heavy atom. The first-order valence-corrected chi connectivity index (χ1v) is 5.80. The van der Waals surface area contributed by atoms with E-state index >= 15 is 0 Å². The summed E-state index contributed by atoms with van der Waals surface area (Å²) in [7, 11) is 0. The second-order valence-electron chi connectivity index (χ2n) is 3.52. The zero-order valence-electron chi connectivity index (χ0n) is 9.03. The van der Waals surface area contributed by atoms with Crippen LogP contribution in [0.5, 0.6) is 0 Å². The third-order valence-electron chi connectivity index (χ3n) is 2.34. The number of benzene rings is 1. The van der Waals surface area contributed by atoms with Gasteiger partial charge in [0, 0.05) is 18.2 Å². The van der Waals surface area contributed by atoms with Crippen molar-refractivity contribution >= 4 is 21.7 Å². The SMILES string of the molecule is O=C(Cc1c(F)ccc(Br)c1F)c1ccncn1. The Balaban J connectivity index is 2.30. The molecule has 18 heavy (non-hydrogen) atoms. The van der Waals surface area contributed by atoms with E-state index < -0.39 is 17.4 Å². The van der Waals surface area contributed by atoms with Crippen LogP contribution < -0.4 is 0 Å². The van der Waals surface area contributed by atoms with Gasteiger partial charge in [0.1, 0.15) is 23.7 Å². The highest BCUT2D eigenvalue weighted by atomic mass is 79.9. The van der Waals surface area contributed by atoms with Crippen LogP contribution in [0, 0.1) is 11.6 Å². The van der Waals surface area contributed by atoms with Gasteiger partial charge in [-0.15, -0.1) is 0 Å². The van der Waals surface area contributed by atoms with Crippen LogP contribution in [-0.2, 0) is 6.42 Å². The average Bonchev–Trinajstić information content (AvgIpc) is 2.40. The summed E-state index contributed by atoms with van der Waals surface area (Å²) >= 11 is 2.95. The van der Waals surface area contributed by atoms with Gasteiger partial charge in [-0.2, -0.15) is 0 Å². The van der Waals surface area contributed by atoms with Crippen LogP contribution in [0.4, 0.5) is 8.78 Å². The Labute approximate surface area is 110 Å². The number of carbonyl (C=O) groups is 1. The van der Waals surface area contributed by atoms with Gasteiger partial charge < -0.3 is 0 Å². The standard InChI is InChI=1S/C12H7BrF2N2O/c13-8-1-2-9(14)7(12(8)15)5-11(18)10-3-4-16-6-17-10/h1-4,6H,5H2. The quantitative estimate of drug-likeness (QED) is 0.646. The number of hydrogen-bond acceptors (Lipinski definition) is 3. The Bertz CT molecular complexity index is 590. The van der Waals surface area contributed by atoms with E-state index in [-0.39, 0.29) is 22.2 Å². The molecule has 0 spiro atoms. The molecule has 6 heteroatoms. The lowest BCUT2D eigenvalue weighted by atomic mass is 10.1. The van der Waals surface area contributed by atoms with Crippen molar-refractivity contribution in [2.24, 2.45) is 0 Å². The van der Waals surface area contributed by atoms with Gasteiger partial charge in [0.2, 0.25) is 0 Å². The molecule has 0 N–H and O–H groups in total. The van der Waals surface area contributed by atoms with Crippen LogP contribution in [0.3, 0.4) is 0 Å². The summed E-state index contributed by atoms with van der Waals surface area (Å²) in [5, 5.41) is 0. The molecular formula is C12H7BrF2N2O. The molecule has 0 aliphatic carbocycles. The van der Waals surface area contributed by atoms with Crippen molar-refractivity contribution in [3.05, 3.63) is 58.1 Å². The fraction of sp³-hybridized carbons (Fsp3) is 0.0833. The van der Waals surface area contributed by atoms with Gasteiger partial charge in [0.15, 0.2) is 5.78 Å². The summed E-state index contributed by atoms with van der Waals surface area (Å²) in [5.74, 6) is -1.98. The lowest BCUT2D eigenvalue weighted by Crippen LogP contribution is -2.09. The normalized spacial score (nSPS) is 10.4. The fourth-order valence-electron chi connectivity index (χ4n) is 1.44. The number of Topliss-reactive ketones (excluding diaryl/α,β-unsaturated/α-hetero) is 1. The molecule has 0 saturated heterocycles. The number of rotatable bonds is 3. The topological polar surface area (TPSA) is 42.9 Å². The highest BCUT2D eigenvalue weighted by Crippen LogP contribution is 2.22. The first-order chi connectivity index (χ1) is 8.59.